The van der Waals surface area contributed by atoms with Crippen molar-refractivity contribution in [3.05, 3.63) is 41.0 Å². The number of nitriles is 1. The smallest absolute Gasteiger partial charge is 0.158 e. The fraction of sp³-hybridized carbons (Fsp3) is 0.333. The van der Waals surface area contributed by atoms with Gasteiger partial charge in [-0.1, -0.05) is 18.6 Å². The second-order valence-electron chi connectivity index (χ2n) is 4.39. The molecule has 0 N–H and O–H groups in total. The average Bonchev–Trinajstić information content (AvgIpc) is 2.56. The van der Waals surface area contributed by atoms with Crippen molar-refractivity contribution in [1.29, 1.82) is 5.26 Å². The number of nitrogens with zero attached hydrogens (tertiary/aromatic N) is 1. The molecule has 0 bridgehead atoms. The van der Waals surface area contributed by atoms with Crippen molar-refractivity contribution in [2.45, 2.75) is 32.1 Å². The van der Waals surface area contributed by atoms with Gasteiger partial charge >= 0.3 is 0 Å². The van der Waals surface area contributed by atoms with Gasteiger partial charge in [0.05, 0.1) is 11.6 Å². The monoisotopic (exact) mass is 225 g/mol. The van der Waals surface area contributed by atoms with E-state index in [0.717, 1.165) is 36.8 Å². The summed E-state index contributed by atoms with van der Waals surface area (Å²) in [5.41, 5.74) is 2.60. The van der Waals surface area contributed by atoms with Crippen molar-refractivity contribution in [2.24, 2.45) is 0 Å². The second-order valence-corrected chi connectivity index (χ2v) is 4.39. The van der Waals surface area contributed by atoms with Crippen LogP contribution in [0.3, 0.4) is 0 Å². The van der Waals surface area contributed by atoms with E-state index in [4.69, 9.17) is 5.26 Å². The molecule has 1 aromatic carbocycles. The van der Waals surface area contributed by atoms with Crippen molar-refractivity contribution in [2.75, 3.05) is 0 Å². The zero-order valence-electron chi connectivity index (χ0n) is 9.78. The minimum Gasteiger partial charge on any atom is -0.295 e. The number of carbonyl (C=O) groups excluding carboxylic acids is 1. The van der Waals surface area contributed by atoms with E-state index in [1.807, 2.05) is 18.2 Å². The van der Waals surface area contributed by atoms with Gasteiger partial charge in [-0.15, -0.1) is 0 Å². The van der Waals surface area contributed by atoms with Crippen molar-refractivity contribution < 1.29 is 4.79 Å². The Kier molecular flexibility index (Phi) is 3.72. The molecule has 0 atom stereocenters. The van der Waals surface area contributed by atoms with Crippen LogP contribution in [0.25, 0.3) is 6.08 Å². The molecule has 86 valence electrons. The predicted octanol–water partition coefficient (Wildman–Crippen LogP) is 3.47. The Morgan fingerprint density at radius 1 is 1.06 bits per heavy atom. The number of rotatable bonds is 1. The Balaban J connectivity index is 2.21. The molecule has 0 aromatic heterocycles. The maximum atomic E-state index is 11.8. The zero-order chi connectivity index (χ0) is 12.1. The minimum atomic E-state index is 0.284. The Hall–Kier alpha value is -1.88. The van der Waals surface area contributed by atoms with Gasteiger partial charge in [0.1, 0.15) is 0 Å². The van der Waals surface area contributed by atoms with Crippen molar-refractivity contribution in [3.63, 3.8) is 0 Å². The van der Waals surface area contributed by atoms with E-state index in [0.29, 0.717) is 12.0 Å². The molecule has 1 aliphatic carbocycles. The van der Waals surface area contributed by atoms with Crippen LogP contribution in [-0.2, 0) is 4.79 Å². The fourth-order valence-corrected chi connectivity index (χ4v) is 2.09. The van der Waals surface area contributed by atoms with Crippen LogP contribution in [0.4, 0.5) is 0 Å². The van der Waals surface area contributed by atoms with Crippen LogP contribution in [0, 0.1) is 11.3 Å². The number of allylic oxidation sites excluding steroid dienone is 1. The van der Waals surface area contributed by atoms with Crippen LogP contribution in [0.1, 0.15) is 43.2 Å². The summed E-state index contributed by atoms with van der Waals surface area (Å²) in [7, 11) is 0. The Bertz CT molecular complexity index is 477. The fourth-order valence-electron chi connectivity index (χ4n) is 2.09. The van der Waals surface area contributed by atoms with Gasteiger partial charge in [0, 0.05) is 6.42 Å². The predicted molar refractivity (Wildman–Crippen MR) is 67.2 cm³/mol. The highest BCUT2D eigenvalue weighted by atomic mass is 16.1. The summed E-state index contributed by atoms with van der Waals surface area (Å²) in [4.78, 5) is 11.8. The van der Waals surface area contributed by atoms with E-state index in [9.17, 15) is 4.79 Å². The number of carbonyl (C=O) groups is 1. The summed E-state index contributed by atoms with van der Waals surface area (Å²) < 4.78 is 0. The largest absolute Gasteiger partial charge is 0.295 e. The molecule has 1 aromatic rings. The minimum absolute atomic E-state index is 0.284. The summed E-state index contributed by atoms with van der Waals surface area (Å²) >= 11 is 0. The molecular weight excluding hydrogens is 210 g/mol. The highest BCUT2D eigenvalue weighted by Crippen LogP contribution is 2.21. The van der Waals surface area contributed by atoms with Gasteiger partial charge in [0.2, 0.25) is 0 Å². The van der Waals surface area contributed by atoms with Gasteiger partial charge in [0.15, 0.2) is 5.78 Å². The molecule has 0 unspecified atom stereocenters. The zero-order valence-corrected chi connectivity index (χ0v) is 9.78. The van der Waals surface area contributed by atoms with E-state index >= 15 is 0 Å². The van der Waals surface area contributed by atoms with E-state index in [-0.39, 0.29) is 5.78 Å². The van der Waals surface area contributed by atoms with Crippen LogP contribution < -0.4 is 0 Å². The summed E-state index contributed by atoms with van der Waals surface area (Å²) in [5.74, 6) is 0.284. The lowest BCUT2D eigenvalue weighted by molar-refractivity contribution is -0.115. The van der Waals surface area contributed by atoms with Crippen molar-refractivity contribution in [1.82, 2.24) is 0 Å². The molecule has 2 heteroatoms. The first kappa shape index (κ1) is 11.6. The number of ketones is 1. The average molecular weight is 225 g/mol. The molecule has 0 radical (unpaired) electrons. The molecule has 0 aliphatic heterocycles. The molecule has 0 amide bonds. The Morgan fingerprint density at radius 3 is 2.47 bits per heavy atom. The lowest BCUT2D eigenvalue weighted by Gasteiger charge is -2.01. The maximum Gasteiger partial charge on any atom is 0.158 e. The van der Waals surface area contributed by atoms with Crippen LogP contribution in [-0.4, -0.2) is 5.78 Å². The molecule has 0 heterocycles. The molecule has 1 aliphatic rings. The van der Waals surface area contributed by atoms with E-state index in [1.54, 1.807) is 12.1 Å². The first-order valence-corrected chi connectivity index (χ1v) is 6.03. The SMILES string of the molecule is N#Cc1ccc(/C=C2\CCCCCC2=O)cc1. The number of hydrogen-bond acceptors (Lipinski definition) is 2. The molecule has 17 heavy (non-hydrogen) atoms. The van der Waals surface area contributed by atoms with Gasteiger partial charge < -0.3 is 0 Å². The molecule has 0 saturated heterocycles. The Labute approximate surface area is 102 Å². The standard InChI is InChI=1S/C15H15NO/c16-11-13-8-6-12(7-9-13)10-14-4-2-1-3-5-15(14)17/h6-10H,1-5H2/b14-10+. The summed E-state index contributed by atoms with van der Waals surface area (Å²) in [6.07, 6.45) is 6.81. The molecule has 2 nitrogen and oxygen atoms in total. The maximum absolute atomic E-state index is 11.8. The number of hydrogen-bond donors (Lipinski definition) is 0. The summed E-state index contributed by atoms with van der Waals surface area (Å²) in [6, 6.07) is 9.44. The van der Waals surface area contributed by atoms with Gasteiger partial charge in [-0.3, -0.25) is 4.79 Å². The molecule has 2 rings (SSSR count). The number of benzene rings is 1. The van der Waals surface area contributed by atoms with Crippen molar-refractivity contribution >= 4 is 11.9 Å². The van der Waals surface area contributed by atoms with Crippen LogP contribution in [0.2, 0.25) is 0 Å². The van der Waals surface area contributed by atoms with Crippen molar-refractivity contribution in [3.8, 4) is 6.07 Å². The van der Waals surface area contributed by atoms with Crippen LogP contribution >= 0.6 is 0 Å². The van der Waals surface area contributed by atoms with E-state index < -0.39 is 0 Å². The second kappa shape index (κ2) is 5.45. The third kappa shape index (κ3) is 3.04. The van der Waals surface area contributed by atoms with E-state index in [2.05, 4.69) is 6.07 Å². The molecule has 1 fully saturated rings. The van der Waals surface area contributed by atoms with Gasteiger partial charge in [0.25, 0.3) is 0 Å². The quantitative estimate of drug-likeness (QED) is 0.542. The first-order valence-electron chi connectivity index (χ1n) is 6.03. The summed E-state index contributed by atoms with van der Waals surface area (Å²) in [6.45, 7) is 0. The molecule has 1 saturated carbocycles. The van der Waals surface area contributed by atoms with Gasteiger partial charge in [-0.25, -0.2) is 0 Å². The third-order valence-electron chi connectivity index (χ3n) is 3.09. The third-order valence-corrected chi connectivity index (χ3v) is 3.09. The number of Topliss-reactive ketones (excluding diaryl/α,β-unsaturated/α-hetero) is 1. The lowest BCUT2D eigenvalue weighted by atomic mass is 10.0. The topological polar surface area (TPSA) is 40.9 Å². The highest BCUT2D eigenvalue weighted by molar-refractivity contribution is 5.99. The van der Waals surface area contributed by atoms with Crippen LogP contribution in [0.15, 0.2) is 29.8 Å². The highest BCUT2D eigenvalue weighted by Gasteiger charge is 2.12. The van der Waals surface area contributed by atoms with Gasteiger partial charge in [-0.2, -0.15) is 5.26 Å². The summed E-state index contributed by atoms with van der Waals surface area (Å²) in [5, 5.41) is 8.71. The van der Waals surface area contributed by atoms with Gasteiger partial charge in [-0.05, 0) is 48.6 Å². The van der Waals surface area contributed by atoms with Crippen LogP contribution in [0.5, 0.6) is 0 Å². The first-order chi connectivity index (χ1) is 8.29. The lowest BCUT2D eigenvalue weighted by Crippen LogP contribution is -1.99. The normalized spacial score (nSPS) is 18.8. The van der Waals surface area contributed by atoms with E-state index in [1.165, 1.54) is 0 Å². The Morgan fingerprint density at radius 2 is 1.76 bits per heavy atom. The molecular formula is C15H15NO. The molecule has 0 spiro atoms.